The number of carbonyl (C=O) groups is 1. The lowest BCUT2D eigenvalue weighted by atomic mass is 9.84. The van der Waals surface area contributed by atoms with E-state index in [2.05, 4.69) is 27.8 Å². The molecule has 1 unspecified atom stereocenters. The molecule has 4 aromatic rings. The summed E-state index contributed by atoms with van der Waals surface area (Å²) < 4.78 is 15.7. The van der Waals surface area contributed by atoms with Crippen LogP contribution in [0.4, 0.5) is 10.1 Å². The molecule has 8 heteroatoms. The van der Waals surface area contributed by atoms with Gasteiger partial charge in [0.2, 0.25) is 0 Å². The van der Waals surface area contributed by atoms with Crippen molar-refractivity contribution in [3.05, 3.63) is 70.9 Å². The average molecular weight is 416 g/mol. The van der Waals surface area contributed by atoms with Crippen LogP contribution >= 0.6 is 0 Å². The summed E-state index contributed by atoms with van der Waals surface area (Å²) in [5.74, 6) is 0.233. The van der Waals surface area contributed by atoms with E-state index in [4.69, 9.17) is 4.98 Å². The monoisotopic (exact) mass is 416 g/mol. The second-order valence-corrected chi connectivity index (χ2v) is 8.04. The number of rotatable bonds is 3. The molecule has 2 aromatic heterocycles. The lowest BCUT2D eigenvalue weighted by Crippen LogP contribution is -2.21. The van der Waals surface area contributed by atoms with Crippen molar-refractivity contribution in [1.29, 1.82) is 0 Å². The Bertz CT molecular complexity index is 1310. The molecule has 0 aliphatic heterocycles. The third-order valence-electron chi connectivity index (χ3n) is 5.79. The van der Waals surface area contributed by atoms with Crippen molar-refractivity contribution in [2.45, 2.75) is 33.1 Å². The first-order valence-electron chi connectivity index (χ1n) is 10.3. The maximum Gasteiger partial charge on any atom is 0.256 e. The van der Waals surface area contributed by atoms with Gasteiger partial charge >= 0.3 is 0 Å². The normalized spacial score (nSPS) is 15.6. The Hall–Kier alpha value is -3.68. The minimum atomic E-state index is -0.478. The molecule has 0 spiro atoms. The Balaban J connectivity index is 1.58. The molecule has 0 saturated carbocycles. The number of hydrogen-bond acceptors (Lipinski definition) is 5. The van der Waals surface area contributed by atoms with Crippen molar-refractivity contribution in [2.24, 2.45) is 5.92 Å². The first-order chi connectivity index (χ1) is 15.0. The third kappa shape index (κ3) is 3.43. The van der Waals surface area contributed by atoms with E-state index in [0.717, 1.165) is 41.4 Å². The van der Waals surface area contributed by atoms with Gasteiger partial charge in [-0.1, -0.05) is 25.1 Å². The van der Waals surface area contributed by atoms with Crippen LogP contribution in [0.15, 0.2) is 42.5 Å². The molecule has 1 amide bonds. The number of anilines is 1. The quantitative estimate of drug-likeness (QED) is 0.545. The molecule has 0 fully saturated rings. The summed E-state index contributed by atoms with van der Waals surface area (Å²) in [6, 6.07) is 12.1. The van der Waals surface area contributed by atoms with Crippen LogP contribution in [0.5, 0.6) is 0 Å². The van der Waals surface area contributed by atoms with E-state index in [1.807, 2.05) is 24.3 Å². The van der Waals surface area contributed by atoms with Crippen molar-refractivity contribution in [3.8, 4) is 5.69 Å². The van der Waals surface area contributed by atoms with Gasteiger partial charge in [-0.3, -0.25) is 9.78 Å². The first-order valence-corrected chi connectivity index (χ1v) is 10.3. The molecule has 7 nitrogen and oxygen atoms in total. The van der Waals surface area contributed by atoms with Crippen molar-refractivity contribution >= 4 is 22.5 Å². The van der Waals surface area contributed by atoms with Gasteiger partial charge < -0.3 is 5.32 Å². The number of tetrazole rings is 1. The summed E-state index contributed by atoms with van der Waals surface area (Å²) in [4.78, 5) is 18.3. The van der Waals surface area contributed by atoms with Crippen LogP contribution in [0.3, 0.4) is 0 Å². The van der Waals surface area contributed by atoms with E-state index in [1.165, 1.54) is 22.9 Å². The highest BCUT2D eigenvalue weighted by Gasteiger charge is 2.25. The maximum absolute atomic E-state index is 14.4. The first kappa shape index (κ1) is 19.3. The molecule has 2 aromatic carbocycles. The van der Waals surface area contributed by atoms with E-state index in [0.29, 0.717) is 23.0 Å². The zero-order chi connectivity index (χ0) is 21.5. The van der Waals surface area contributed by atoms with Gasteiger partial charge in [-0.2, -0.15) is 4.68 Å². The predicted molar refractivity (Wildman–Crippen MR) is 115 cm³/mol. The number of hydrogen-bond donors (Lipinski definition) is 1. The third-order valence-corrected chi connectivity index (χ3v) is 5.79. The molecule has 0 bridgehead atoms. The number of nitrogens with one attached hydrogen (secondary N) is 1. The molecule has 5 rings (SSSR count). The lowest BCUT2D eigenvalue weighted by molar-refractivity contribution is 0.102. The molecule has 1 aliphatic rings. The summed E-state index contributed by atoms with van der Waals surface area (Å²) in [6.07, 6.45) is 2.74. The Morgan fingerprint density at radius 3 is 2.87 bits per heavy atom. The fourth-order valence-electron chi connectivity index (χ4n) is 4.22. The predicted octanol–water partition coefficient (Wildman–Crippen LogP) is 4.04. The molecular formula is C23H21FN6O. The maximum atomic E-state index is 14.4. The number of benzene rings is 2. The molecule has 0 radical (unpaired) electrons. The summed E-state index contributed by atoms with van der Waals surface area (Å²) in [5, 5.41) is 15.0. The van der Waals surface area contributed by atoms with Crippen LogP contribution in [0.25, 0.3) is 16.6 Å². The number of fused-ring (bicyclic) bond motifs is 2. The van der Waals surface area contributed by atoms with Crippen LogP contribution in [0, 0.1) is 18.7 Å². The zero-order valence-electron chi connectivity index (χ0n) is 17.3. The van der Waals surface area contributed by atoms with Gasteiger partial charge in [-0.25, -0.2) is 4.39 Å². The number of aromatic nitrogens is 5. The highest BCUT2D eigenvalue weighted by Crippen LogP contribution is 2.32. The Morgan fingerprint density at radius 2 is 2.06 bits per heavy atom. The van der Waals surface area contributed by atoms with Crippen LogP contribution < -0.4 is 5.32 Å². The number of aryl methyl sites for hydroxylation is 2. The van der Waals surface area contributed by atoms with Gasteiger partial charge in [-0.05, 0) is 72.4 Å². The average Bonchev–Trinajstić information content (AvgIpc) is 3.19. The lowest BCUT2D eigenvalue weighted by Gasteiger charge is -2.24. The number of amides is 1. The van der Waals surface area contributed by atoms with Crippen LogP contribution in [0.2, 0.25) is 0 Å². The molecular weight excluding hydrogens is 395 g/mol. The van der Waals surface area contributed by atoms with Gasteiger partial charge in [0.05, 0.1) is 11.1 Å². The SMILES string of the molecule is Cc1nnnn1-c1cc(NC(=O)c2c3c(nc4ccccc24)CCC(C)C3)ccc1F. The topological polar surface area (TPSA) is 85.6 Å². The molecule has 31 heavy (non-hydrogen) atoms. The number of para-hydroxylation sites is 1. The summed E-state index contributed by atoms with van der Waals surface area (Å²) in [6.45, 7) is 3.88. The highest BCUT2D eigenvalue weighted by atomic mass is 19.1. The number of nitrogens with zero attached hydrogens (tertiary/aromatic N) is 5. The zero-order valence-corrected chi connectivity index (χ0v) is 17.3. The summed E-state index contributed by atoms with van der Waals surface area (Å²) in [5.41, 5.74) is 4.10. The van der Waals surface area contributed by atoms with Gasteiger partial charge in [0.25, 0.3) is 5.91 Å². The van der Waals surface area contributed by atoms with Crippen LogP contribution in [-0.4, -0.2) is 31.1 Å². The smallest absolute Gasteiger partial charge is 0.256 e. The molecule has 1 atom stereocenters. The van der Waals surface area contributed by atoms with Crippen molar-refractivity contribution in [3.63, 3.8) is 0 Å². The van der Waals surface area contributed by atoms with E-state index in [-0.39, 0.29) is 11.6 Å². The van der Waals surface area contributed by atoms with Gasteiger partial charge in [-0.15, -0.1) is 5.10 Å². The van der Waals surface area contributed by atoms with Crippen molar-refractivity contribution in [2.75, 3.05) is 5.32 Å². The number of carbonyl (C=O) groups excluding carboxylic acids is 1. The fourth-order valence-corrected chi connectivity index (χ4v) is 4.22. The fraction of sp³-hybridized carbons (Fsp3) is 0.261. The summed E-state index contributed by atoms with van der Waals surface area (Å²) >= 11 is 0. The molecule has 1 N–H and O–H groups in total. The molecule has 0 saturated heterocycles. The number of halogens is 1. The molecule has 156 valence electrons. The van der Waals surface area contributed by atoms with E-state index in [9.17, 15) is 9.18 Å². The van der Waals surface area contributed by atoms with Gasteiger partial charge in [0.15, 0.2) is 5.82 Å². The van der Waals surface area contributed by atoms with Crippen LogP contribution in [-0.2, 0) is 12.8 Å². The minimum Gasteiger partial charge on any atom is -0.322 e. The van der Waals surface area contributed by atoms with E-state index in [1.54, 1.807) is 6.92 Å². The Labute approximate surface area is 178 Å². The van der Waals surface area contributed by atoms with Crippen molar-refractivity contribution < 1.29 is 9.18 Å². The van der Waals surface area contributed by atoms with Crippen LogP contribution in [0.1, 0.15) is 40.8 Å². The van der Waals surface area contributed by atoms with Gasteiger partial charge in [0.1, 0.15) is 11.5 Å². The van der Waals surface area contributed by atoms with Crippen molar-refractivity contribution in [1.82, 2.24) is 25.2 Å². The van der Waals surface area contributed by atoms with Gasteiger partial charge in [0, 0.05) is 16.8 Å². The minimum absolute atomic E-state index is 0.176. The Kier molecular flexibility index (Phi) is 4.69. The highest BCUT2D eigenvalue weighted by molar-refractivity contribution is 6.13. The standard InChI is InChI=1S/C23H21FN6O/c1-13-7-10-20-17(11-13)22(16-5-3-4-6-19(16)26-20)23(31)25-15-8-9-18(24)21(12-15)30-14(2)27-28-29-30/h3-6,8-9,12-13H,7,10-11H2,1-2H3,(H,25,31). The largest absolute Gasteiger partial charge is 0.322 e. The Morgan fingerprint density at radius 1 is 1.23 bits per heavy atom. The second-order valence-electron chi connectivity index (χ2n) is 8.04. The number of pyridine rings is 1. The second kappa shape index (κ2) is 7.54. The molecule has 1 aliphatic carbocycles. The van der Waals surface area contributed by atoms with E-state index >= 15 is 0 Å². The molecule has 2 heterocycles. The van der Waals surface area contributed by atoms with E-state index < -0.39 is 5.82 Å². The summed E-state index contributed by atoms with van der Waals surface area (Å²) in [7, 11) is 0.